The second-order valence-electron chi connectivity index (χ2n) is 7.62. The molecule has 0 heterocycles. The van der Waals surface area contributed by atoms with Gasteiger partial charge in [-0.1, -0.05) is 42.8 Å². The summed E-state index contributed by atoms with van der Waals surface area (Å²) in [5, 5.41) is 4.86. The van der Waals surface area contributed by atoms with Crippen molar-refractivity contribution in [2.45, 2.75) is 31.7 Å². The van der Waals surface area contributed by atoms with Crippen LogP contribution in [0.15, 0.2) is 42.5 Å². The fraction of sp³-hybridized carbons (Fsp3) is 0.450. The second-order valence-corrected chi connectivity index (χ2v) is 9.52. The van der Waals surface area contributed by atoms with Crippen LogP contribution in [-0.4, -0.2) is 33.2 Å². The van der Waals surface area contributed by atoms with E-state index in [-0.39, 0.29) is 18.5 Å². The third kappa shape index (κ3) is 3.30. The molecule has 5 nitrogen and oxygen atoms in total. The maximum atomic E-state index is 12.6. The molecule has 138 valence electrons. The van der Waals surface area contributed by atoms with Gasteiger partial charge in [0.1, 0.15) is 6.54 Å². The predicted molar refractivity (Wildman–Crippen MR) is 104 cm³/mol. The minimum absolute atomic E-state index is 0.180. The van der Waals surface area contributed by atoms with Gasteiger partial charge in [0.05, 0.1) is 11.9 Å². The molecule has 3 atom stereocenters. The number of hydrogen-bond donors (Lipinski definition) is 1. The highest BCUT2D eigenvalue weighted by Crippen LogP contribution is 2.44. The third-order valence-electron chi connectivity index (χ3n) is 5.81. The van der Waals surface area contributed by atoms with E-state index in [4.69, 9.17) is 0 Å². The third-order valence-corrected chi connectivity index (χ3v) is 6.93. The number of carbonyl (C=O) groups excluding carboxylic acids is 1. The largest absolute Gasteiger partial charge is 0.352 e. The number of amides is 1. The van der Waals surface area contributed by atoms with Gasteiger partial charge in [-0.15, -0.1) is 0 Å². The maximum Gasteiger partial charge on any atom is 0.241 e. The molecule has 1 amide bonds. The minimum Gasteiger partial charge on any atom is -0.352 e. The first-order valence-corrected chi connectivity index (χ1v) is 11.0. The molecule has 2 saturated carbocycles. The van der Waals surface area contributed by atoms with Crippen molar-refractivity contribution in [3.05, 3.63) is 42.5 Å². The molecular weight excluding hydrogens is 348 g/mol. The molecule has 26 heavy (non-hydrogen) atoms. The topological polar surface area (TPSA) is 66.5 Å². The molecule has 0 saturated heterocycles. The summed E-state index contributed by atoms with van der Waals surface area (Å²) in [7, 11) is -3.58. The van der Waals surface area contributed by atoms with Crippen molar-refractivity contribution in [2.75, 3.05) is 17.1 Å². The normalized spacial score (nSPS) is 24.7. The summed E-state index contributed by atoms with van der Waals surface area (Å²) in [6.07, 6.45) is 5.82. The van der Waals surface area contributed by atoms with Gasteiger partial charge in [-0.3, -0.25) is 9.10 Å². The van der Waals surface area contributed by atoms with Crippen LogP contribution in [0, 0.1) is 11.8 Å². The van der Waals surface area contributed by atoms with Gasteiger partial charge < -0.3 is 5.32 Å². The van der Waals surface area contributed by atoms with Crippen molar-refractivity contribution in [1.82, 2.24) is 5.32 Å². The fourth-order valence-corrected chi connectivity index (χ4v) is 5.48. The van der Waals surface area contributed by atoms with Gasteiger partial charge in [-0.2, -0.15) is 0 Å². The Morgan fingerprint density at radius 1 is 1.12 bits per heavy atom. The highest BCUT2D eigenvalue weighted by Gasteiger charge is 2.40. The van der Waals surface area contributed by atoms with E-state index < -0.39 is 10.0 Å². The van der Waals surface area contributed by atoms with Crippen LogP contribution in [0.25, 0.3) is 10.8 Å². The molecule has 6 heteroatoms. The summed E-state index contributed by atoms with van der Waals surface area (Å²) in [5.41, 5.74) is 0.550. The van der Waals surface area contributed by atoms with Crippen molar-refractivity contribution >= 4 is 32.4 Å². The number of benzene rings is 2. The number of rotatable bonds is 5. The van der Waals surface area contributed by atoms with Crippen molar-refractivity contribution in [1.29, 1.82) is 0 Å². The molecule has 0 spiro atoms. The lowest BCUT2D eigenvalue weighted by Gasteiger charge is -2.27. The Hall–Kier alpha value is -2.08. The monoisotopic (exact) mass is 372 g/mol. The summed E-state index contributed by atoms with van der Waals surface area (Å²) in [4.78, 5) is 12.6. The lowest BCUT2D eigenvalue weighted by molar-refractivity contribution is -0.120. The van der Waals surface area contributed by atoms with Crippen LogP contribution in [0.5, 0.6) is 0 Å². The van der Waals surface area contributed by atoms with Crippen LogP contribution < -0.4 is 9.62 Å². The molecule has 2 aliphatic rings. The van der Waals surface area contributed by atoms with E-state index in [1.165, 1.54) is 23.6 Å². The van der Waals surface area contributed by atoms with E-state index in [0.717, 1.165) is 29.4 Å². The Bertz CT molecular complexity index is 936. The van der Waals surface area contributed by atoms with E-state index in [9.17, 15) is 13.2 Å². The Labute approximate surface area is 154 Å². The quantitative estimate of drug-likeness (QED) is 0.878. The molecule has 1 N–H and O–H groups in total. The van der Waals surface area contributed by atoms with Crippen molar-refractivity contribution in [3.8, 4) is 0 Å². The SMILES string of the molecule is CS(=O)(=O)N(CC(=O)NC1CC2CCC1C2)c1cccc2ccccc12. The van der Waals surface area contributed by atoms with Crippen LogP contribution in [0.3, 0.4) is 0 Å². The maximum absolute atomic E-state index is 12.6. The molecule has 2 bridgehead atoms. The number of sulfonamides is 1. The first-order valence-electron chi connectivity index (χ1n) is 9.16. The Kier molecular flexibility index (Phi) is 4.39. The van der Waals surface area contributed by atoms with Gasteiger partial charge in [0.25, 0.3) is 0 Å². The molecule has 0 aromatic heterocycles. The first-order chi connectivity index (χ1) is 12.4. The summed E-state index contributed by atoms with van der Waals surface area (Å²) in [5.74, 6) is 1.07. The lowest BCUT2D eigenvalue weighted by Crippen LogP contribution is -2.45. The molecule has 0 aliphatic heterocycles. The van der Waals surface area contributed by atoms with Gasteiger partial charge in [-0.25, -0.2) is 8.42 Å². The van der Waals surface area contributed by atoms with Gasteiger partial charge in [0, 0.05) is 11.4 Å². The number of nitrogens with zero attached hydrogens (tertiary/aromatic N) is 1. The molecule has 3 unspecified atom stereocenters. The van der Waals surface area contributed by atoms with Crippen molar-refractivity contribution in [2.24, 2.45) is 11.8 Å². The average molecular weight is 372 g/mol. The van der Waals surface area contributed by atoms with E-state index in [1.54, 1.807) is 6.07 Å². The smallest absolute Gasteiger partial charge is 0.241 e. The summed E-state index contributed by atoms with van der Waals surface area (Å²) < 4.78 is 26.1. The average Bonchev–Trinajstić information content (AvgIpc) is 3.21. The van der Waals surface area contributed by atoms with Crippen LogP contribution in [0.1, 0.15) is 25.7 Å². The number of anilines is 1. The minimum atomic E-state index is -3.58. The summed E-state index contributed by atoms with van der Waals surface area (Å²) >= 11 is 0. The zero-order valence-corrected chi connectivity index (χ0v) is 15.7. The highest BCUT2D eigenvalue weighted by atomic mass is 32.2. The van der Waals surface area contributed by atoms with Gasteiger partial charge in [0.2, 0.25) is 15.9 Å². The van der Waals surface area contributed by atoms with Gasteiger partial charge in [0.15, 0.2) is 0 Å². The Morgan fingerprint density at radius 2 is 1.88 bits per heavy atom. The molecule has 2 aliphatic carbocycles. The van der Waals surface area contributed by atoms with E-state index in [2.05, 4.69) is 5.32 Å². The van der Waals surface area contributed by atoms with Crippen molar-refractivity contribution in [3.63, 3.8) is 0 Å². The molecule has 2 fully saturated rings. The predicted octanol–water partition coefficient (Wildman–Crippen LogP) is 2.91. The van der Waals surface area contributed by atoms with Crippen molar-refractivity contribution < 1.29 is 13.2 Å². The number of nitrogens with one attached hydrogen (secondary N) is 1. The molecule has 2 aromatic carbocycles. The molecular formula is C20H24N2O3S. The van der Waals surface area contributed by atoms with Gasteiger partial charge in [-0.05, 0) is 42.6 Å². The lowest BCUT2D eigenvalue weighted by atomic mass is 9.95. The zero-order chi connectivity index (χ0) is 18.3. The Balaban J connectivity index is 1.58. The van der Waals surface area contributed by atoms with E-state index in [0.29, 0.717) is 11.6 Å². The van der Waals surface area contributed by atoms with Crippen LogP contribution in [-0.2, 0) is 14.8 Å². The molecule has 2 aromatic rings. The number of fused-ring (bicyclic) bond motifs is 3. The molecule has 0 radical (unpaired) electrons. The summed E-state index contributed by atoms with van der Waals surface area (Å²) in [6.45, 7) is -0.180. The van der Waals surface area contributed by atoms with E-state index in [1.807, 2.05) is 36.4 Å². The van der Waals surface area contributed by atoms with E-state index >= 15 is 0 Å². The zero-order valence-electron chi connectivity index (χ0n) is 14.9. The van der Waals surface area contributed by atoms with Crippen LogP contribution >= 0.6 is 0 Å². The molecule has 4 rings (SSSR count). The number of carbonyl (C=O) groups is 1. The summed E-state index contributed by atoms with van der Waals surface area (Å²) in [6, 6.07) is 13.3. The second kappa shape index (κ2) is 6.58. The highest BCUT2D eigenvalue weighted by molar-refractivity contribution is 7.92. The standard InChI is InChI=1S/C20H24N2O3S/c1-26(24,25)22(19-8-4-6-15-5-2-3-7-17(15)19)13-20(23)21-18-12-14-9-10-16(18)11-14/h2-8,14,16,18H,9-13H2,1H3,(H,21,23). The van der Waals surface area contributed by atoms with Crippen LogP contribution in [0.4, 0.5) is 5.69 Å². The van der Waals surface area contributed by atoms with Crippen LogP contribution in [0.2, 0.25) is 0 Å². The Morgan fingerprint density at radius 3 is 2.58 bits per heavy atom. The number of hydrogen-bond acceptors (Lipinski definition) is 3. The first kappa shape index (κ1) is 17.3. The fourth-order valence-electron chi connectivity index (χ4n) is 4.61. The van der Waals surface area contributed by atoms with Gasteiger partial charge >= 0.3 is 0 Å².